The molecule has 2 aliphatic carbocycles. The van der Waals surface area contributed by atoms with E-state index in [9.17, 15) is 0 Å². The number of aliphatic hydroxyl groups excluding tert-OH is 1. The molecule has 2 fully saturated rings. The van der Waals surface area contributed by atoms with Gasteiger partial charge >= 0.3 is 0 Å². The van der Waals surface area contributed by atoms with Gasteiger partial charge in [-0.25, -0.2) is 0 Å². The van der Waals surface area contributed by atoms with Crippen LogP contribution in [0.4, 0.5) is 0 Å². The van der Waals surface area contributed by atoms with E-state index in [1.54, 1.807) is 5.57 Å². The minimum absolute atomic E-state index is 0.347. The summed E-state index contributed by atoms with van der Waals surface area (Å²) >= 11 is 3.56. The van der Waals surface area contributed by atoms with Gasteiger partial charge in [0.05, 0.1) is 0 Å². The minimum Gasteiger partial charge on any atom is -0.396 e. The summed E-state index contributed by atoms with van der Waals surface area (Å²) in [5, 5.41) is 9.16. The molecule has 2 rings (SSSR count). The molecule has 2 heteroatoms. The van der Waals surface area contributed by atoms with Gasteiger partial charge < -0.3 is 5.11 Å². The van der Waals surface area contributed by atoms with E-state index >= 15 is 0 Å². The highest BCUT2D eigenvalue weighted by Crippen LogP contribution is 2.59. The first-order valence-corrected chi connectivity index (χ1v) is 7.95. The zero-order valence-electron chi connectivity index (χ0n) is 11.1. The maximum atomic E-state index is 9.16. The van der Waals surface area contributed by atoms with Gasteiger partial charge in [-0.15, -0.1) is 0 Å². The third kappa shape index (κ3) is 2.35. The maximum absolute atomic E-state index is 9.16. The number of hydrogen-bond donors (Lipinski definition) is 1. The lowest BCUT2D eigenvalue weighted by Crippen LogP contribution is -2.36. The van der Waals surface area contributed by atoms with E-state index in [1.165, 1.54) is 32.1 Å². The fourth-order valence-electron chi connectivity index (χ4n) is 4.55. The van der Waals surface area contributed by atoms with Crippen molar-refractivity contribution in [2.45, 2.75) is 52.4 Å². The van der Waals surface area contributed by atoms with Crippen molar-refractivity contribution in [2.24, 2.45) is 23.2 Å². The van der Waals surface area contributed by atoms with Crippen LogP contribution in [0.15, 0.2) is 10.6 Å². The maximum Gasteiger partial charge on any atom is 0.0433 e. The number of halogens is 1. The molecule has 4 atom stereocenters. The zero-order chi connectivity index (χ0) is 12.5. The van der Waals surface area contributed by atoms with Crippen molar-refractivity contribution in [1.82, 2.24) is 0 Å². The van der Waals surface area contributed by atoms with Crippen LogP contribution < -0.4 is 0 Å². The molecule has 0 aliphatic heterocycles. The first-order valence-electron chi connectivity index (χ1n) is 7.03. The Morgan fingerprint density at radius 2 is 2.29 bits per heavy atom. The molecule has 0 amide bonds. The quantitative estimate of drug-likeness (QED) is 0.813. The Labute approximate surface area is 114 Å². The van der Waals surface area contributed by atoms with Gasteiger partial charge in [0, 0.05) is 6.61 Å². The molecule has 0 bridgehead atoms. The van der Waals surface area contributed by atoms with Crippen molar-refractivity contribution in [3.63, 3.8) is 0 Å². The van der Waals surface area contributed by atoms with E-state index < -0.39 is 0 Å². The van der Waals surface area contributed by atoms with Crippen LogP contribution >= 0.6 is 15.9 Å². The molecule has 2 saturated carbocycles. The van der Waals surface area contributed by atoms with Crippen LogP contribution in [0, 0.1) is 23.2 Å². The van der Waals surface area contributed by atoms with Gasteiger partial charge in [-0.2, -0.15) is 0 Å². The van der Waals surface area contributed by atoms with E-state index in [4.69, 9.17) is 5.11 Å². The topological polar surface area (TPSA) is 20.2 Å². The number of fused-ring (bicyclic) bond motifs is 1. The summed E-state index contributed by atoms with van der Waals surface area (Å²) in [6, 6.07) is 0. The number of allylic oxidation sites excluding steroid dienone is 1. The largest absolute Gasteiger partial charge is 0.396 e. The Kier molecular flexibility index (Phi) is 4.35. The summed E-state index contributed by atoms with van der Waals surface area (Å²) < 4.78 is 0. The van der Waals surface area contributed by atoms with E-state index in [2.05, 4.69) is 34.8 Å². The van der Waals surface area contributed by atoms with Crippen LogP contribution in [0.2, 0.25) is 0 Å². The highest BCUT2D eigenvalue weighted by Gasteiger charge is 2.50. The first-order chi connectivity index (χ1) is 8.13. The molecule has 1 nitrogen and oxygen atoms in total. The van der Waals surface area contributed by atoms with Crippen molar-refractivity contribution in [1.29, 1.82) is 0 Å². The predicted molar refractivity (Wildman–Crippen MR) is 76.0 cm³/mol. The molecule has 0 aromatic carbocycles. The van der Waals surface area contributed by atoms with Crippen molar-refractivity contribution in [3.05, 3.63) is 10.6 Å². The highest BCUT2D eigenvalue weighted by molar-refractivity contribution is 9.11. The monoisotopic (exact) mass is 300 g/mol. The van der Waals surface area contributed by atoms with Gasteiger partial charge in [0.15, 0.2) is 0 Å². The molecular weight excluding hydrogens is 276 g/mol. The second kappa shape index (κ2) is 5.44. The lowest BCUT2D eigenvalue weighted by atomic mass is 9.61. The number of rotatable bonds is 3. The Bertz CT molecular complexity index is 299. The number of aliphatic hydroxyl groups is 1. The van der Waals surface area contributed by atoms with Gasteiger partial charge in [0.2, 0.25) is 0 Å². The molecule has 1 N–H and O–H groups in total. The highest BCUT2D eigenvalue weighted by atomic mass is 79.9. The third-order valence-corrected chi connectivity index (χ3v) is 6.04. The van der Waals surface area contributed by atoms with Crippen LogP contribution in [-0.2, 0) is 0 Å². The normalized spacial score (nSPS) is 41.5. The van der Waals surface area contributed by atoms with E-state index in [0.717, 1.165) is 18.3 Å². The third-order valence-electron chi connectivity index (χ3n) is 5.45. The predicted octanol–water partition coefficient (Wildman–Crippen LogP) is 4.50. The fourth-order valence-corrected chi connectivity index (χ4v) is 5.10. The second-order valence-electron chi connectivity index (χ2n) is 6.27. The van der Waals surface area contributed by atoms with Crippen LogP contribution in [-0.4, -0.2) is 11.7 Å². The van der Waals surface area contributed by atoms with Crippen molar-refractivity contribution in [2.75, 3.05) is 6.61 Å². The lowest BCUT2D eigenvalue weighted by Gasteiger charge is -2.44. The zero-order valence-corrected chi connectivity index (χ0v) is 12.7. The van der Waals surface area contributed by atoms with E-state index in [1.807, 2.05) is 0 Å². The van der Waals surface area contributed by atoms with Crippen LogP contribution in [0.3, 0.4) is 0 Å². The van der Waals surface area contributed by atoms with Gasteiger partial charge in [0.25, 0.3) is 0 Å². The average molecular weight is 301 g/mol. The summed E-state index contributed by atoms with van der Waals surface area (Å²) in [5.74, 6) is 2.27. The lowest BCUT2D eigenvalue weighted by molar-refractivity contribution is 0.0859. The summed E-state index contributed by atoms with van der Waals surface area (Å²) in [6.45, 7) is 5.18. The smallest absolute Gasteiger partial charge is 0.0433 e. The molecule has 1 unspecified atom stereocenters. The van der Waals surface area contributed by atoms with Crippen molar-refractivity contribution < 1.29 is 5.11 Å². The van der Waals surface area contributed by atoms with Gasteiger partial charge in [-0.1, -0.05) is 35.4 Å². The van der Waals surface area contributed by atoms with Crippen LogP contribution in [0.25, 0.3) is 0 Å². The molecule has 0 spiro atoms. The van der Waals surface area contributed by atoms with Gasteiger partial charge in [-0.05, 0) is 66.7 Å². The molecule has 0 aromatic rings. The summed E-state index contributed by atoms with van der Waals surface area (Å²) in [5.41, 5.74) is 2.13. The summed E-state index contributed by atoms with van der Waals surface area (Å²) in [6.07, 6.45) is 7.68. The number of hydrogen-bond acceptors (Lipinski definition) is 1. The Balaban J connectivity index is 2.18. The van der Waals surface area contributed by atoms with Crippen molar-refractivity contribution >= 4 is 15.9 Å². The first kappa shape index (κ1) is 13.6. The van der Waals surface area contributed by atoms with Gasteiger partial charge in [0.1, 0.15) is 0 Å². The molecular formula is C15H25BrO. The molecule has 17 heavy (non-hydrogen) atoms. The molecule has 2 aliphatic rings. The minimum atomic E-state index is 0.347. The van der Waals surface area contributed by atoms with Crippen molar-refractivity contribution in [3.8, 4) is 0 Å². The Morgan fingerprint density at radius 3 is 2.94 bits per heavy atom. The SMILES string of the molecule is C[C@H](CCO)[C@H]1CCC2C(=CBr)CCC[C@]21C. The van der Waals surface area contributed by atoms with Crippen LogP contribution in [0.5, 0.6) is 0 Å². The average Bonchev–Trinajstić information content (AvgIpc) is 2.66. The Morgan fingerprint density at radius 1 is 1.53 bits per heavy atom. The van der Waals surface area contributed by atoms with E-state index in [-0.39, 0.29) is 0 Å². The summed E-state index contributed by atoms with van der Waals surface area (Å²) in [4.78, 5) is 2.19. The van der Waals surface area contributed by atoms with Gasteiger partial charge in [-0.3, -0.25) is 0 Å². The molecule has 0 radical (unpaired) electrons. The molecule has 0 saturated heterocycles. The van der Waals surface area contributed by atoms with Crippen LogP contribution in [0.1, 0.15) is 52.4 Å². The molecule has 0 heterocycles. The summed E-state index contributed by atoms with van der Waals surface area (Å²) in [7, 11) is 0. The van der Waals surface area contributed by atoms with E-state index in [0.29, 0.717) is 17.9 Å². The second-order valence-corrected chi connectivity index (χ2v) is 6.73. The fraction of sp³-hybridized carbons (Fsp3) is 0.867. The molecule has 98 valence electrons. The standard InChI is InChI=1S/C15H25BrO/c1-11(7-9-17)13-5-6-14-12(10-16)4-3-8-15(13,14)2/h10-11,13-14,17H,3-9H2,1-2H3/t11-,13-,14?,15+/m1/s1. The Hall–Kier alpha value is 0.180. The molecule has 0 aromatic heterocycles.